The minimum absolute atomic E-state index is 0.110. The predicted octanol–water partition coefficient (Wildman–Crippen LogP) is 5.31. The third-order valence-corrected chi connectivity index (χ3v) is 3.60. The first-order valence-electron chi connectivity index (χ1n) is 7.35. The molecule has 1 heteroatoms. The van der Waals surface area contributed by atoms with Gasteiger partial charge in [-0.05, 0) is 46.2 Å². The molecule has 0 aliphatic heterocycles. The van der Waals surface area contributed by atoms with Crippen molar-refractivity contribution in [3.63, 3.8) is 0 Å². The molecule has 2 aromatic rings. The molecular formula is C19H24O. The molecule has 0 aliphatic rings. The molecule has 0 amide bonds. The van der Waals surface area contributed by atoms with Crippen LogP contribution in [0.5, 0.6) is 5.75 Å². The van der Waals surface area contributed by atoms with Crippen LogP contribution in [0.3, 0.4) is 0 Å². The SMILES string of the molecule is CCCc1cccc(-c2ccc(O)cc2)c1C(C)(C)C. The van der Waals surface area contributed by atoms with E-state index >= 15 is 0 Å². The largest absolute Gasteiger partial charge is 0.508 e. The van der Waals surface area contributed by atoms with Gasteiger partial charge < -0.3 is 5.11 Å². The highest BCUT2D eigenvalue weighted by Gasteiger charge is 2.21. The average molecular weight is 268 g/mol. The number of aromatic hydroxyl groups is 1. The Morgan fingerprint density at radius 2 is 1.60 bits per heavy atom. The van der Waals surface area contributed by atoms with Crippen LogP contribution in [-0.2, 0) is 11.8 Å². The first-order chi connectivity index (χ1) is 9.43. The van der Waals surface area contributed by atoms with Crippen LogP contribution in [0.4, 0.5) is 0 Å². The Labute approximate surface area is 122 Å². The molecule has 0 saturated carbocycles. The molecule has 0 radical (unpaired) electrons. The molecule has 0 bridgehead atoms. The lowest BCUT2D eigenvalue weighted by molar-refractivity contribution is 0.475. The van der Waals surface area contributed by atoms with E-state index in [1.807, 2.05) is 12.1 Å². The maximum atomic E-state index is 9.47. The molecule has 0 saturated heterocycles. The molecule has 0 spiro atoms. The summed E-state index contributed by atoms with van der Waals surface area (Å²) in [5.74, 6) is 0.316. The molecule has 0 heterocycles. The maximum Gasteiger partial charge on any atom is 0.115 e. The van der Waals surface area contributed by atoms with E-state index in [0.717, 1.165) is 12.8 Å². The molecule has 2 rings (SSSR count). The number of hydrogen-bond acceptors (Lipinski definition) is 1. The Balaban J connectivity index is 2.63. The van der Waals surface area contributed by atoms with Gasteiger partial charge in [0.15, 0.2) is 0 Å². The summed E-state index contributed by atoms with van der Waals surface area (Å²) in [6.07, 6.45) is 2.26. The summed E-state index contributed by atoms with van der Waals surface area (Å²) < 4.78 is 0. The van der Waals surface area contributed by atoms with E-state index in [1.165, 1.54) is 22.3 Å². The van der Waals surface area contributed by atoms with Crippen molar-refractivity contribution in [1.29, 1.82) is 0 Å². The van der Waals surface area contributed by atoms with Crippen molar-refractivity contribution < 1.29 is 5.11 Å². The number of phenols is 1. The van der Waals surface area contributed by atoms with Crippen LogP contribution in [-0.4, -0.2) is 5.11 Å². The minimum atomic E-state index is 0.110. The van der Waals surface area contributed by atoms with E-state index in [9.17, 15) is 5.11 Å². The number of benzene rings is 2. The van der Waals surface area contributed by atoms with Crippen molar-refractivity contribution in [2.75, 3.05) is 0 Å². The van der Waals surface area contributed by atoms with E-state index in [4.69, 9.17) is 0 Å². The Bertz CT molecular complexity index is 574. The van der Waals surface area contributed by atoms with E-state index in [-0.39, 0.29) is 5.41 Å². The first-order valence-corrected chi connectivity index (χ1v) is 7.35. The van der Waals surface area contributed by atoms with Crippen LogP contribution in [0, 0.1) is 0 Å². The molecule has 0 fully saturated rings. The molecule has 0 aliphatic carbocycles. The smallest absolute Gasteiger partial charge is 0.115 e. The van der Waals surface area contributed by atoms with E-state index in [2.05, 4.69) is 45.9 Å². The van der Waals surface area contributed by atoms with Crippen molar-refractivity contribution in [2.45, 2.75) is 46.0 Å². The summed E-state index contributed by atoms with van der Waals surface area (Å²) >= 11 is 0. The Morgan fingerprint density at radius 1 is 0.950 bits per heavy atom. The monoisotopic (exact) mass is 268 g/mol. The second kappa shape index (κ2) is 5.70. The zero-order valence-corrected chi connectivity index (χ0v) is 12.9. The van der Waals surface area contributed by atoms with Crippen LogP contribution in [0.1, 0.15) is 45.2 Å². The highest BCUT2D eigenvalue weighted by Crippen LogP contribution is 2.36. The third-order valence-electron chi connectivity index (χ3n) is 3.60. The van der Waals surface area contributed by atoms with Crippen LogP contribution in [0.25, 0.3) is 11.1 Å². The minimum Gasteiger partial charge on any atom is -0.508 e. The Morgan fingerprint density at radius 3 is 2.15 bits per heavy atom. The molecule has 1 N–H and O–H groups in total. The molecule has 1 nitrogen and oxygen atoms in total. The van der Waals surface area contributed by atoms with Gasteiger partial charge in [0.2, 0.25) is 0 Å². The average Bonchev–Trinajstić information content (AvgIpc) is 2.38. The number of phenolic OH excluding ortho intramolecular Hbond substituents is 1. The van der Waals surface area contributed by atoms with Gasteiger partial charge >= 0.3 is 0 Å². The summed E-state index contributed by atoms with van der Waals surface area (Å²) in [5.41, 5.74) is 5.42. The molecule has 0 atom stereocenters. The summed E-state index contributed by atoms with van der Waals surface area (Å²) in [4.78, 5) is 0. The van der Waals surface area contributed by atoms with E-state index in [0.29, 0.717) is 5.75 Å². The number of rotatable bonds is 3. The van der Waals surface area contributed by atoms with Crippen LogP contribution in [0.15, 0.2) is 42.5 Å². The van der Waals surface area contributed by atoms with Gasteiger partial charge in [0.05, 0.1) is 0 Å². The zero-order valence-electron chi connectivity index (χ0n) is 12.9. The van der Waals surface area contributed by atoms with Crippen molar-refractivity contribution in [3.05, 3.63) is 53.6 Å². The second-order valence-corrected chi connectivity index (χ2v) is 6.39. The van der Waals surface area contributed by atoms with Gasteiger partial charge in [-0.15, -0.1) is 0 Å². The molecule has 0 unspecified atom stereocenters. The van der Waals surface area contributed by atoms with E-state index in [1.54, 1.807) is 12.1 Å². The summed E-state index contributed by atoms with van der Waals surface area (Å²) in [5, 5.41) is 9.47. The predicted molar refractivity (Wildman–Crippen MR) is 86.2 cm³/mol. The zero-order chi connectivity index (χ0) is 14.8. The summed E-state index contributed by atoms with van der Waals surface area (Å²) in [6, 6.07) is 14.1. The molecule has 0 aromatic heterocycles. The van der Waals surface area contributed by atoms with E-state index < -0.39 is 0 Å². The van der Waals surface area contributed by atoms with Gasteiger partial charge in [0.1, 0.15) is 5.75 Å². The maximum absolute atomic E-state index is 9.47. The van der Waals surface area contributed by atoms with Crippen molar-refractivity contribution >= 4 is 0 Å². The molecular weight excluding hydrogens is 244 g/mol. The molecule has 20 heavy (non-hydrogen) atoms. The normalized spacial score (nSPS) is 11.6. The fourth-order valence-electron chi connectivity index (χ4n) is 2.85. The highest BCUT2D eigenvalue weighted by molar-refractivity contribution is 5.70. The number of hydrogen-bond donors (Lipinski definition) is 1. The van der Waals surface area contributed by atoms with Crippen LogP contribution in [0.2, 0.25) is 0 Å². The first kappa shape index (κ1) is 14.6. The summed E-state index contributed by atoms with van der Waals surface area (Å²) in [7, 11) is 0. The van der Waals surface area contributed by atoms with Crippen molar-refractivity contribution in [3.8, 4) is 16.9 Å². The van der Waals surface area contributed by atoms with Gasteiger partial charge in [-0.25, -0.2) is 0 Å². The van der Waals surface area contributed by atoms with Crippen LogP contribution >= 0.6 is 0 Å². The highest BCUT2D eigenvalue weighted by atomic mass is 16.3. The van der Waals surface area contributed by atoms with Crippen molar-refractivity contribution in [2.24, 2.45) is 0 Å². The number of aryl methyl sites for hydroxylation is 1. The second-order valence-electron chi connectivity index (χ2n) is 6.39. The van der Waals surface area contributed by atoms with Crippen LogP contribution < -0.4 is 0 Å². The van der Waals surface area contributed by atoms with Gasteiger partial charge in [-0.3, -0.25) is 0 Å². The van der Waals surface area contributed by atoms with Gasteiger partial charge in [0.25, 0.3) is 0 Å². The third kappa shape index (κ3) is 3.04. The Hall–Kier alpha value is -1.76. The molecule has 2 aromatic carbocycles. The molecule has 106 valence electrons. The lowest BCUT2D eigenvalue weighted by Gasteiger charge is -2.27. The van der Waals surface area contributed by atoms with Crippen molar-refractivity contribution in [1.82, 2.24) is 0 Å². The lowest BCUT2D eigenvalue weighted by Crippen LogP contribution is -2.16. The standard InChI is InChI=1S/C19H24O/c1-5-7-15-8-6-9-17(18(15)19(2,3)4)14-10-12-16(20)13-11-14/h6,8-13,20H,5,7H2,1-4H3. The van der Waals surface area contributed by atoms with Gasteiger partial charge in [-0.2, -0.15) is 0 Å². The van der Waals surface area contributed by atoms with Gasteiger partial charge in [0, 0.05) is 0 Å². The fourth-order valence-corrected chi connectivity index (χ4v) is 2.85. The summed E-state index contributed by atoms with van der Waals surface area (Å²) in [6.45, 7) is 9.03. The lowest BCUT2D eigenvalue weighted by atomic mass is 9.78. The quantitative estimate of drug-likeness (QED) is 0.800. The Kier molecular flexibility index (Phi) is 4.17. The fraction of sp³-hybridized carbons (Fsp3) is 0.368. The van der Waals surface area contributed by atoms with Gasteiger partial charge in [-0.1, -0.05) is 64.4 Å². The topological polar surface area (TPSA) is 20.2 Å².